The minimum Gasteiger partial charge on any atom is -0.323 e. The third kappa shape index (κ3) is 2.40. The molecule has 4 aromatic rings. The van der Waals surface area contributed by atoms with E-state index >= 15 is 0 Å². The van der Waals surface area contributed by atoms with Crippen molar-refractivity contribution in [1.29, 1.82) is 0 Å². The van der Waals surface area contributed by atoms with Gasteiger partial charge in [0.2, 0.25) is 0 Å². The maximum Gasteiger partial charge on any atom is 0.153 e. The highest BCUT2D eigenvalue weighted by atomic mass is 19.1. The van der Waals surface area contributed by atoms with Crippen molar-refractivity contribution in [3.63, 3.8) is 0 Å². The fraction of sp³-hybridized carbons (Fsp3) is 0.176. The number of aryl methyl sites for hydroxylation is 1. The van der Waals surface area contributed by atoms with E-state index in [0.717, 1.165) is 0 Å². The van der Waals surface area contributed by atoms with Crippen LogP contribution in [0.4, 0.5) is 8.78 Å². The van der Waals surface area contributed by atoms with Crippen molar-refractivity contribution in [2.24, 2.45) is 18.0 Å². The van der Waals surface area contributed by atoms with Gasteiger partial charge in [-0.3, -0.25) is 4.68 Å². The molecule has 0 fully saturated rings. The molecule has 3 heterocycles. The van der Waals surface area contributed by atoms with E-state index in [-0.39, 0.29) is 17.4 Å². The van der Waals surface area contributed by atoms with Crippen molar-refractivity contribution in [3.05, 3.63) is 59.2 Å². The van der Waals surface area contributed by atoms with Crippen molar-refractivity contribution >= 4 is 22.3 Å². The normalized spacial score (nSPS) is 12.4. The molecule has 4 rings (SSSR count). The van der Waals surface area contributed by atoms with Crippen LogP contribution in [0.3, 0.4) is 0 Å². The van der Waals surface area contributed by atoms with Gasteiger partial charge in [0.05, 0.1) is 34.7 Å². The number of fused-ring (bicyclic) bond motifs is 2. The van der Waals surface area contributed by atoms with Gasteiger partial charge in [-0.1, -0.05) is 0 Å². The van der Waals surface area contributed by atoms with Gasteiger partial charge < -0.3 is 5.84 Å². The average molecular weight is 355 g/mol. The number of aromatic nitrogens is 5. The molecule has 2 N–H and O–H groups in total. The van der Waals surface area contributed by atoms with Gasteiger partial charge >= 0.3 is 0 Å². The number of hydrogen-bond donors (Lipinski definition) is 1. The molecule has 0 aliphatic heterocycles. The molecule has 132 valence electrons. The summed E-state index contributed by atoms with van der Waals surface area (Å²) in [5, 5.41) is 12.3. The summed E-state index contributed by atoms with van der Waals surface area (Å²) in [5.41, 5.74) is 2.56. The van der Waals surface area contributed by atoms with Gasteiger partial charge in [-0.05, 0) is 19.1 Å². The molecule has 3 aromatic heterocycles. The SMILES string of the molecule is C/C(=N\N)c1ccc2ncc(Cc3c(F)cc4c(cnn4C)c3F)n2n1. The van der Waals surface area contributed by atoms with Gasteiger partial charge in [0, 0.05) is 25.1 Å². The number of rotatable bonds is 3. The zero-order chi connectivity index (χ0) is 18.4. The lowest BCUT2D eigenvalue weighted by molar-refractivity contribution is 0.567. The lowest BCUT2D eigenvalue weighted by Gasteiger charge is -2.07. The first-order valence-electron chi connectivity index (χ1n) is 7.86. The first-order chi connectivity index (χ1) is 12.5. The van der Waals surface area contributed by atoms with E-state index < -0.39 is 11.6 Å². The lowest BCUT2D eigenvalue weighted by atomic mass is 10.1. The quantitative estimate of drug-likeness (QED) is 0.347. The first-order valence-corrected chi connectivity index (χ1v) is 7.86. The summed E-state index contributed by atoms with van der Waals surface area (Å²) < 4.78 is 32.3. The molecule has 0 radical (unpaired) electrons. The summed E-state index contributed by atoms with van der Waals surface area (Å²) in [6, 6.07) is 4.77. The summed E-state index contributed by atoms with van der Waals surface area (Å²) in [6.07, 6.45) is 2.94. The van der Waals surface area contributed by atoms with E-state index in [1.165, 1.54) is 21.5 Å². The van der Waals surface area contributed by atoms with E-state index in [9.17, 15) is 8.78 Å². The van der Waals surface area contributed by atoms with Gasteiger partial charge in [-0.15, -0.1) is 0 Å². The summed E-state index contributed by atoms with van der Waals surface area (Å²) in [7, 11) is 1.64. The highest BCUT2D eigenvalue weighted by molar-refractivity contribution is 5.96. The molecular weight excluding hydrogens is 340 g/mol. The van der Waals surface area contributed by atoms with Crippen molar-refractivity contribution in [3.8, 4) is 0 Å². The van der Waals surface area contributed by atoms with E-state index in [1.54, 1.807) is 32.3 Å². The predicted octanol–water partition coefficient (Wildman–Crippen LogP) is 2.17. The van der Waals surface area contributed by atoms with E-state index in [4.69, 9.17) is 5.84 Å². The second-order valence-corrected chi connectivity index (χ2v) is 5.98. The monoisotopic (exact) mass is 355 g/mol. The van der Waals surface area contributed by atoms with Crippen molar-refractivity contribution in [2.45, 2.75) is 13.3 Å². The number of hydrazone groups is 1. The van der Waals surface area contributed by atoms with E-state index in [1.807, 2.05) is 0 Å². The molecule has 0 spiro atoms. The van der Waals surface area contributed by atoms with Gasteiger partial charge in [-0.25, -0.2) is 18.3 Å². The molecule has 0 saturated heterocycles. The van der Waals surface area contributed by atoms with Crippen LogP contribution in [0.5, 0.6) is 0 Å². The fourth-order valence-electron chi connectivity index (χ4n) is 2.91. The number of hydrogen-bond acceptors (Lipinski definition) is 5. The smallest absolute Gasteiger partial charge is 0.153 e. The first kappa shape index (κ1) is 16.1. The molecular formula is C17H15F2N7. The van der Waals surface area contributed by atoms with Crippen molar-refractivity contribution in [2.75, 3.05) is 0 Å². The summed E-state index contributed by atoms with van der Waals surface area (Å²) in [5.74, 6) is 4.03. The molecule has 0 unspecified atom stereocenters. The third-order valence-corrected chi connectivity index (χ3v) is 4.39. The Labute approximate surface area is 146 Å². The van der Waals surface area contributed by atoms with Crippen molar-refractivity contribution in [1.82, 2.24) is 24.4 Å². The lowest BCUT2D eigenvalue weighted by Crippen LogP contribution is -2.08. The number of imidazole rings is 1. The van der Waals surface area contributed by atoms with Crippen LogP contribution < -0.4 is 5.84 Å². The van der Waals surface area contributed by atoms with Crippen LogP contribution >= 0.6 is 0 Å². The van der Waals surface area contributed by atoms with Crippen LogP contribution in [0.25, 0.3) is 16.6 Å². The van der Waals surface area contributed by atoms with Crippen LogP contribution in [0.15, 0.2) is 35.7 Å². The molecule has 0 saturated carbocycles. The van der Waals surface area contributed by atoms with Gasteiger partial charge in [0.15, 0.2) is 5.65 Å². The number of nitrogens with zero attached hydrogens (tertiary/aromatic N) is 6. The molecule has 26 heavy (non-hydrogen) atoms. The molecule has 0 aliphatic carbocycles. The maximum absolute atomic E-state index is 14.8. The minimum atomic E-state index is -0.635. The van der Waals surface area contributed by atoms with Crippen LogP contribution in [0.2, 0.25) is 0 Å². The highest BCUT2D eigenvalue weighted by Crippen LogP contribution is 2.25. The summed E-state index contributed by atoms with van der Waals surface area (Å²) >= 11 is 0. The fourth-order valence-corrected chi connectivity index (χ4v) is 2.91. The average Bonchev–Trinajstić information content (AvgIpc) is 3.21. The maximum atomic E-state index is 14.8. The molecule has 7 nitrogen and oxygen atoms in total. The summed E-state index contributed by atoms with van der Waals surface area (Å²) in [4.78, 5) is 4.23. The Morgan fingerprint density at radius 1 is 1.27 bits per heavy atom. The van der Waals surface area contributed by atoms with Gasteiger partial charge in [0.25, 0.3) is 0 Å². The van der Waals surface area contributed by atoms with Gasteiger partial charge in [-0.2, -0.15) is 15.3 Å². The highest BCUT2D eigenvalue weighted by Gasteiger charge is 2.18. The Hall–Kier alpha value is -3.36. The Kier molecular flexibility index (Phi) is 3.64. The molecule has 1 aromatic carbocycles. The number of benzene rings is 1. The Balaban J connectivity index is 1.84. The van der Waals surface area contributed by atoms with Crippen LogP contribution in [0, 0.1) is 11.6 Å². The van der Waals surface area contributed by atoms with E-state index in [0.29, 0.717) is 28.3 Å². The predicted molar refractivity (Wildman–Crippen MR) is 92.8 cm³/mol. The van der Waals surface area contributed by atoms with Gasteiger partial charge in [0.1, 0.15) is 17.3 Å². The summed E-state index contributed by atoms with van der Waals surface area (Å²) in [6.45, 7) is 1.72. The Morgan fingerprint density at radius 2 is 2.08 bits per heavy atom. The zero-order valence-corrected chi connectivity index (χ0v) is 14.1. The third-order valence-electron chi connectivity index (χ3n) is 4.39. The minimum absolute atomic E-state index is 0.00106. The molecule has 9 heteroatoms. The molecule has 0 aliphatic rings. The topological polar surface area (TPSA) is 86.4 Å². The standard InChI is InChI=1S/C17H15F2N7/c1-9(23-20)14-3-4-16-21-7-10(26(16)24-14)5-11-13(18)6-15-12(17(11)19)8-22-25(15)2/h3-4,6-8H,5,20H2,1-2H3/b23-9+. The second kappa shape index (κ2) is 5.87. The largest absolute Gasteiger partial charge is 0.323 e. The zero-order valence-electron chi connectivity index (χ0n) is 14.1. The van der Waals surface area contributed by atoms with Crippen LogP contribution in [-0.2, 0) is 13.5 Å². The number of nitrogens with two attached hydrogens (primary N) is 1. The van der Waals surface area contributed by atoms with Crippen LogP contribution in [-0.4, -0.2) is 30.1 Å². The Bertz CT molecular complexity index is 1170. The molecule has 0 amide bonds. The Morgan fingerprint density at radius 3 is 2.85 bits per heavy atom. The van der Waals surface area contributed by atoms with E-state index in [2.05, 4.69) is 20.3 Å². The van der Waals surface area contributed by atoms with Crippen LogP contribution in [0.1, 0.15) is 23.9 Å². The number of halogens is 2. The molecule has 0 atom stereocenters. The second-order valence-electron chi connectivity index (χ2n) is 5.98. The van der Waals surface area contributed by atoms with Crippen molar-refractivity contribution < 1.29 is 8.78 Å². The molecule has 0 bridgehead atoms.